The highest BCUT2D eigenvalue weighted by atomic mass is 19.3. The van der Waals surface area contributed by atoms with Gasteiger partial charge in [0.05, 0.1) is 19.6 Å². The number of nitrogens with zero attached hydrogens (tertiary/aromatic N) is 2. The standard InChI is InChI=1S/C16H18F2N4O3/c17-16(18,10-19)11-20-13(23)9-22-14(24)6-7-21(15(22)25)8-12-4-2-1-3-5-12/h1-7H,8-11,19H2,(H,20,23). The lowest BCUT2D eigenvalue weighted by Crippen LogP contribution is -2.46. The van der Waals surface area contributed by atoms with Crippen molar-refractivity contribution >= 4 is 5.91 Å². The Morgan fingerprint density at radius 3 is 2.48 bits per heavy atom. The molecule has 0 bridgehead atoms. The van der Waals surface area contributed by atoms with Crippen molar-refractivity contribution < 1.29 is 13.6 Å². The van der Waals surface area contributed by atoms with Gasteiger partial charge in [0.2, 0.25) is 5.91 Å². The highest BCUT2D eigenvalue weighted by Crippen LogP contribution is 2.08. The Morgan fingerprint density at radius 1 is 1.16 bits per heavy atom. The van der Waals surface area contributed by atoms with Gasteiger partial charge in [-0.2, -0.15) is 0 Å². The van der Waals surface area contributed by atoms with Crippen LogP contribution in [0.5, 0.6) is 0 Å². The second kappa shape index (κ2) is 7.84. The molecule has 0 aliphatic heterocycles. The summed E-state index contributed by atoms with van der Waals surface area (Å²) >= 11 is 0. The van der Waals surface area contributed by atoms with Crippen LogP contribution in [-0.2, 0) is 17.9 Å². The van der Waals surface area contributed by atoms with Gasteiger partial charge in [-0.05, 0) is 5.56 Å². The third kappa shape index (κ3) is 5.08. The van der Waals surface area contributed by atoms with Gasteiger partial charge in [-0.1, -0.05) is 30.3 Å². The fraction of sp³-hybridized carbons (Fsp3) is 0.312. The molecule has 3 N–H and O–H groups in total. The maximum atomic E-state index is 13.0. The molecule has 0 aliphatic rings. The maximum absolute atomic E-state index is 13.0. The Bertz CT molecular complexity index is 846. The summed E-state index contributed by atoms with van der Waals surface area (Å²) in [5.74, 6) is -4.12. The number of carbonyl (C=O) groups excluding carboxylic acids is 1. The quantitative estimate of drug-likeness (QED) is 0.719. The molecule has 0 atom stereocenters. The van der Waals surface area contributed by atoms with Crippen molar-refractivity contribution in [3.63, 3.8) is 0 Å². The van der Waals surface area contributed by atoms with E-state index in [1.165, 1.54) is 10.8 Å². The first-order valence-electron chi connectivity index (χ1n) is 7.51. The van der Waals surface area contributed by atoms with Crippen LogP contribution in [0.25, 0.3) is 0 Å². The Morgan fingerprint density at radius 2 is 1.84 bits per heavy atom. The summed E-state index contributed by atoms with van der Waals surface area (Å²) in [6.45, 7) is -2.30. The molecule has 0 fully saturated rings. The van der Waals surface area contributed by atoms with E-state index in [4.69, 9.17) is 5.73 Å². The number of amides is 1. The van der Waals surface area contributed by atoms with Gasteiger partial charge in [-0.3, -0.25) is 18.7 Å². The van der Waals surface area contributed by atoms with Crippen molar-refractivity contribution in [3.8, 4) is 0 Å². The number of rotatable bonds is 7. The van der Waals surface area contributed by atoms with E-state index in [9.17, 15) is 23.2 Å². The van der Waals surface area contributed by atoms with Crippen LogP contribution in [0.1, 0.15) is 5.56 Å². The number of hydrogen-bond donors (Lipinski definition) is 2. The van der Waals surface area contributed by atoms with Crippen molar-refractivity contribution in [2.45, 2.75) is 19.0 Å². The molecule has 0 radical (unpaired) electrons. The van der Waals surface area contributed by atoms with Crippen LogP contribution >= 0.6 is 0 Å². The number of hydrogen-bond acceptors (Lipinski definition) is 4. The number of aromatic nitrogens is 2. The summed E-state index contributed by atoms with van der Waals surface area (Å²) in [5.41, 5.74) is 4.33. The number of alkyl halides is 2. The minimum Gasteiger partial charge on any atom is -0.348 e. The lowest BCUT2D eigenvalue weighted by molar-refractivity contribution is -0.123. The van der Waals surface area contributed by atoms with E-state index >= 15 is 0 Å². The van der Waals surface area contributed by atoms with Crippen LogP contribution in [0.4, 0.5) is 8.78 Å². The molecule has 0 saturated heterocycles. The van der Waals surface area contributed by atoms with Crippen molar-refractivity contribution in [2.75, 3.05) is 13.1 Å². The predicted octanol–water partition coefficient (Wildman–Crippen LogP) is -0.231. The second-order valence-electron chi connectivity index (χ2n) is 5.47. The molecule has 0 spiro atoms. The fourth-order valence-electron chi connectivity index (χ4n) is 2.10. The summed E-state index contributed by atoms with van der Waals surface area (Å²) in [6.07, 6.45) is 1.33. The third-order valence-corrected chi connectivity index (χ3v) is 3.48. The molecule has 2 aromatic rings. The van der Waals surface area contributed by atoms with Gasteiger partial charge in [0.1, 0.15) is 6.54 Å². The van der Waals surface area contributed by atoms with E-state index in [1.54, 1.807) is 0 Å². The molecule has 1 aromatic heterocycles. The minimum absolute atomic E-state index is 0.215. The smallest absolute Gasteiger partial charge is 0.331 e. The first-order chi connectivity index (χ1) is 11.8. The van der Waals surface area contributed by atoms with E-state index in [-0.39, 0.29) is 6.54 Å². The molecule has 134 valence electrons. The summed E-state index contributed by atoms with van der Waals surface area (Å²) < 4.78 is 28.0. The Labute approximate surface area is 141 Å². The summed E-state index contributed by atoms with van der Waals surface area (Å²) in [4.78, 5) is 36.0. The monoisotopic (exact) mass is 352 g/mol. The van der Waals surface area contributed by atoms with Gasteiger partial charge < -0.3 is 11.1 Å². The van der Waals surface area contributed by atoms with Gasteiger partial charge >= 0.3 is 5.69 Å². The van der Waals surface area contributed by atoms with Crippen molar-refractivity contribution in [1.82, 2.24) is 14.5 Å². The highest BCUT2D eigenvalue weighted by molar-refractivity contribution is 5.75. The molecular formula is C16H18F2N4O3. The molecule has 0 saturated carbocycles. The second-order valence-corrected chi connectivity index (χ2v) is 5.47. The van der Waals surface area contributed by atoms with Crippen LogP contribution in [0, 0.1) is 0 Å². The predicted molar refractivity (Wildman–Crippen MR) is 87.5 cm³/mol. The van der Waals surface area contributed by atoms with Crippen LogP contribution in [0.3, 0.4) is 0 Å². The topological polar surface area (TPSA) is 99.1 Å². The summed E-state index contributed by atoms with van der Waals surface area (Å²) in [6, 6.07) is 10.2. The third-order valence-electron chi connectivity index (χ3n) is 3.48. The average Bonchev–Trinajstić information content (AvgIpc) is 2.60. The zero-order valence-electron chi connectivity index (χ0n) is 13.3. The molecule has 1 heterocycles. The molecule has 0 unspecified atom stereocenters. The van der Waals surface area contributed by atoms with Gasteiger partial charge in [-0.15, -0.1) is 0 Å². The van der Waals surface area contributed by atoms with E-state index in [2.05, 4.69) is 0 Å². The zero-order chi connectivity index (χ0) is 18.4. The largest absolute Gasteiger partial charge is 0.348 e. The van der Waals surface area contributed by atoms with E-state index in [0.717, 1.165) is 11.6 Å². The maximum Gasteiger partial charge on any atom is 0.331 e. The van der Waals surface area contributed by atoms with Crippen LogP contribution in [0.15, 0.2) is 52.2 Å². The van der Waals surface area contributed by atoms with Crippen molar-refractivity contribution in [1.29, 1.82) is 0 Å². The minimum atomic E-state index is -3.25. The Balaban J connectivity index is 2.15. The summed E-state index contributed by atoms with van der Waals surface area (Å²) in [5, 5.41) is 1.97. The molecular weight excluding hydrogens is 334 g/mol. The normalized spacial score (nSPS) is 11.3. The van der Waals surface area contributed by atoms with Gasteiger partial charge in [0.25, 0.3) is 11.5 Å². The molecule has 9 heteroatoms. The number of benzene rings is 1. The molecule has 1 amide bonds. The number of nitrogens with one attached hydrogen (secondary N) is 1. The molecule has 2 rings (SSSR count). The Kier molecular flexibility index (Phi) is 5.81. The zero-order valence-corrected chi connectivity index (χ0v) is 13.3. The summed E-state index contributed by atoms with van der Waals surface area (Å²) in [7, 11) is 0. The lowest BCUT2D eigenvalue weighted by atomic mass is 10.2. The van der Waals surface area contributed by atoms with Crippen LogP contribution < -0.4 is 22.3 Å². The molecule has 25 heavy (non-hydrogen) atoms. The fourth-order valence-corrected chi connectivity index (χ4v) is 2.10. The first kappa shape index (κ1) is 18.5. The molecule has 0 aliphatic carbocycles. The van der Waals surface area contributed by atoms with Gasteiger partial charge in [0, 0.05) is 12.3 Å². The van der Waals surface area contributed by atoms with E-state index < -0.39 is 42.7 Å². The Hall–Kier alpha value is -2.81. The average molecular weight is 352 g/mol. The molecule has 1 aromatic carbocycles. The van der Waals surface area contributed by atoms with Crippen molar-refractivity contribution in [3.05, 3.63) is 69.0 Å². The number of nitrogens with two attached hydrogens (primary N) is 1. The van der Waals surface area contributed by atoms with Crippen molar-refractivity contribution in [2.24, 2.45) is 5.73 Å². The van der Waals surface area contributed by atoms with Gasteiger partial charge in [-0.25, -0.2) is 13.6 Å². The molecule has 7 nitrogen and oxygen atoms in total. The highest BCUT2D eigenvalue weighted by Gasteiger charge is 2.27. The van der Waals surface area contributed by atoms with Gasteiger partial charge in [0.15, 0.2) is 0 Å². The van der Waals surface area contributed by atoms with Crippen LogP contribution in [0.2, 0.25) is 0 Å². The number of carbonyl (C=O) groups is 1. The van der Waals surface area contributed by atoms with E-state index in [0.29, 0.717) is 4.57 Å². The first-order valence-corrected chi connectivity index (χ1v) is 7.51. The van der Waals surface area contributed by atoms with E-state index in [1.807, 2.05) is 35.6 Å². The SMILES string of the molecule is NCC(F)(F)CNC(=O)Cn1c(=O)ccn(Cc2ccccc2)c1=O. The number of halogens is 2. The lowest BCUT2D eigenvalue weighted by Gasteiger charge is -2.15. The van der Waals surface area contributed by atoms with Crippen LogP contribution in [-0.4, -0.2) is 34.1 Å².